The standard InChI is InChI=1S/C14H23N3O3/c1-4-7-20-14-8-11(5-6-13(14)17(18)19)16-9-12(15)10(2)3/h5-6,8,10,12,16H,4,7,9,15H2,1-3H3. The van der Waals surface area contributed by atoms with Crippen molar-refractivity contribution >= 4 is 11.4 Å². The molecule has 1 unspecified atom stereocenters. The van der Waals surface area contributed by atoms with Gasteiger partial charge in [0.25, 0.3) is 0 Å². The van der Waals surface area contributed by atoms with Crippen LogP contribution >= 0.6 is 0 Å². The maximum Gasteiger partial charge on any atom is 0.311 e. The summed E-state index contributed by atoms with van der Waals surface area (Å²) in [4.78, 5) is 10.5. The van der Waals surface area contributed by atoms with Gasteiger partial charge in [-0.15, -0.1) is 0 Å². The highest BCUT2D eigenvalue weighted by Crippen LogP contribution is 2.30. The van der Waals surface area contributed by atoms with E-state index in [4.69, 9.17) is 10.5 Å². The van der Waals surface area contributed by atoms with Crippen LogP contribution in [0.4, 0.5) is 11.4 Å². The number of hydrogen-bond acceptors (Lipinski definition) is 5. The van der Waals surface area contributed by atoms with E-state index in [0.717, 1.165) is 12.1 Å². The van der Waals surface area contributed by atoms with E-state index in [1.807, 2.05) is 6.92 Å². The Bertz CT molecular complexity index is 449. The van der Waals surface area contributed by atoms with Gasteiger partial charge in [-0.3, -0.25) is 10.1 Å². The van der Waals surface area contributed by atoms with Crippen molar-refractivity contribution in [2.24, 2.45) is 11.7 Å². The van der Waals surface area contributed by atoms with E-state index >= 15 is 0 Å². The van der Waals surface area contributed by atoms with E-state index in [0.29, 0.717) is 24.8 Å². The molecular weight excluding hydrogens is 258 g/mol. The van der Waals surface area contributed by atoms with Gasteiger partial charge in [0, 0.05) is 30.4 Å². The first-order chi connectivity index (χ1) is 9.45. The zero-order valence-corrected chi connectivity index (χ0v) is 12.3. The van der Waals surface area contributed by atoms with Gasteiger partial charge in [-0.1, -0.05) is 20.8 Å². The Morgan fingerprint density at radius 3 is 2.70 bits per heavy atom. The monoisotopic (exact) mass is 281 g/mol. The molecule has 1 rings (SSSR count). The van der Waals surface area contributed by atoms with Gasteiger partial charge in [0.1, 0.15) is 0 Å². The quantitative estimate of drug-likeness (QED) is 0.565. The Morgan fingerprint density at radius 2 is 2.15 bits per heavy atom. The number of nitrogens with zero attached hydrogens (tertiary/aromatic N) is 1. The summed E-state index contributed by atoms with van der Waals surface area (Å²) < 4.78 is 5.43. The fourth-order valence-corrected chi connectivity index (χ4v) is 1.57. The van der Waals surface area contributed by atoms with E-state index in [1.54, 1.807) is 12.1 Å². The van der Waals surface area contributed by atoms with E-state index in [1.165, 1.54) is 6.07 Å². The van der Waals surface area contributed by atoms with E-state index in [9.17, 15) is 10.1 Å². The second kappa shape index (κ2) is 7.69. The van der Waals surface area contributed by atoms with Crippen molar-refractivity contribution in [2.45, 2.75) is 33.2 Å². The van der Waals surface area contributed by atoms with Crippen LogP contribution < -0.4 is 15.8 Å². The van der Waals surface area contributed by atoms with Crippen molar-refractivity contribution < 1.29 is 9.66 Å². The first-order valence-electron chi connectivity index (χ1n) is 6.86. The lowest BCUT2D eigenvalue weighted by atomic mass is 10.1. The Hall–Kier alpha value is -1.82. The van der Waals surface area contributed by atoms with Crippen LogP contribution in [0.15, 0.2) is 18.2 Å². The first-order valence-corrected chi connectivity index (χ1v) is 6.86. The smallest absolute Gasteiger partial charge is 0.311 e. The highest BCUT2D eigenvalue weighted by molar-refractivity contribution is 5.58. The van der Waals surface area contributed by atoms with Gasteiger partial charge in [0.15, 0.2) is 5.75 Å². The van der Waals surface area contributed by atoms with Crippen LogP contribution in [-0.2, 0) is 0 Å². The second-order valence-electron chi connectivity index (χ2n) is 5.08. The third-order valence-electron chi connectivity index (χ3n) is 3.02. The van der Waals surface area contributed by atoms with Crippen LogP contribution in [0.3, 0.4) is 0 Å². The van der Waals surface area contributed by atoms with Crippen LogP contribution in [0, 0.1) is 16.0 Å². The average Bonchev–Trinajstić information content (AvgIpc) is 2.42. The number of rotatable bonds is 8. The molecule has 0 heterocycles. The predicted octanol–water partition coefficient (Wildman–Crippen LogP) is 2.78. The minimum Gasteiger partial charge on any atom is -0.487 e. The number of hydrogen-bond donors (Lipinski definition) is 2. The summed E-state index contributed by atoms with van der Waals surface area (Å²) in [5, 5.41) is 14.1. The maximum atomic E-state index is 10.9. The fourth-order valence-electron chi connectivity index (χ4n) is 1.57. The fraction of sp³-hybridized carbons (Fsp3) is 0.571. The molecule has 3 N–H and O–H groups in total. The Morgan fingerprint density at radius 1 is 1.45 bits per heavy atom. The van der Waals surface area contributed by atoms with E-state index < -0.39 is 4.92 Å². The van der Waals surface area contributed by atoms with Crippen LogP contribution in [0.2, 0.25) is 0 Å². The van der Waals surface area contributed by atoms with Crippen molar-refractivity contribution in [3.05, 3.63) is 28.3 Å². The van der Waals surface area contributed by atoms with Gasteiger partial charge < -0.3 is 15.8 Å². The average molecular weight is 281 g/mol. The molecule has 0 aromatic heterocycles. The first kappa shape index (κ1) is 16.2. The SMILES string of the molecule is CCCOc1cc(NCC(N)C(C)C)ccc1[N+](=O)[O-]. The summed E-state index contributed by atoms with van der Waals surface area (Å²) in [5.41, 5.74) is 6.72. The zero-order valence-electron chi connectivity index (χ0n) is 12.3. The summed E-state index contributed by atoms with van der Waals surface area (Å²) in [6.45, 7) is 7.13. The van der Waals surface area contributed by atoms with Gasteiger partial charge in [0.2, 0.25) is 0 Å². The van der Waals surface area contributed by atoms with Gasteiger partial charge in [0.05, 0.1) is 11.5 Å². The van der Waals surface area contributed by atoms with Gasteiger partial charge >= 0.3 is 5.69 Å². The molecule has 6 heteroatoms. The number of nitro benzene ring substituents is 1. The molecule has 0 aliphatic carbocycles. The van der Waals surface area contributed by atoms with Crippen molar-refractivity contribution in [1.29, 1.82) is 0 Å². The summed E-state index contributed by atoms with van der Waals surface area (Å²) in [6.07, 6.45) is 0.799. The second-order valence-corrected chi connectivity index (χ2v) is 5.08. The zero-order chi connectivity index (χ0) is 15.1. The van der Waals surface area contributed by atoms with Gasteiger partial charge in [-0.25, -0.2) is 0 Å². The Kier molecular flexibility index (Phi) is 6.24. The maximum absolute atomic E-state index is 10.9. The Balaban J connectivity index is 2.80. The van der Waals surface area contributed by atoms with Crippen molar-refractivity contribution in [1.82, 2.24) is 0 Å². The third-order valence-corrected chi connectivity index (χ3v) is 3.02. The summed E-state index contributed by atoms with van der Waals surface area (Å²) in [6, 6.07) is 4.81. The molecule has 0 saturated heterocycles. The lowest BCUT2D eigenvalue weighted by Crippen LogP contribution is -2.33. The molecule has 112 valence electrons. The topological polar surface area (TPSA) is 90.4 Å². The highest BCUT2D eigenvalue weighted by Gasteiger charge is 2.16. The molecule has 0 fully saturated rings. The molecule has 20 heavy (non-hydrogen) atoms. The molecule has 0 saturated carbocycles. The van der Waals surface area contributed by atoms with Crippen molar-refractivity contribution in [3.63, 3.8) is 0 Å². The number of benzene rings is 1. The van der Waals surface area contributed by atoms with Crippen LogP contribution in [0.1, 0.15) is 27.2 Å². The predicted molar refractivity (Wildman–Crippen MR) is 80.2 cm³/mol. The van der Waals surface area contributed by atoms with E-state index in [-0.39, 0.29) is 11.7 Å². The lowest BCUT2D eigenvalue weighted by molar-refractivity contribution is -0.385. The molecule has 0 radical (unpaired) electrons. The van der Waals surface area contributed by atoms with Crippen LogP contribution in [0.25, 0.3) is 0 Å². The van der Waals surface area contributed by atoms with Crippen LogP contribution in [-0.4, -0.2) is 24.1 Å². The minimum absolute atomic E-state index is 0.0165. The number of nitrogens with one attached hydrogen (secondary N) is 1. The molecule has 1 aromatic carbocycles. The van der Waals surface area contributed by atoms with Gasteiger partial charge in [-0.2, -0.15) is 0 Å². The molecule has 0 aliphatic rings. The van der Waals surface area contributed by atoms with E-state index in [2.05, 4.69) is 19.2 Å². The largest absolute Gasteiger partial charge is 0.487 e. The third kappa shape index (κ3) is 4.70. The van der Waals surface area contributed by atoms with Crippen LogP contribution in [0.5, 0.6) is 5.75 Å². The molecule has 0 bridgehead atoms. The normalized spacial score (nSPS) is 12.2. The molecule has 0 spiro atoms. The molecule has 1 atom stereocenters. The summed E-state index contributed by atoms with van der Waals surface area (Å²) in [5.74, 6) is 0.663. The summed E-state index contributed by atoms with van der Waals surface area (Å²) >= 11 is 0. The molecule has 1 aromatic rings. The highest BCUT2D eigenvalue weighted by atomic mass is 16.6. The molecular formula is C14H23N3O3. The number of ether oxygens (including phenoxy) is 1. The van der Waals surface area contributed by atoms with Crippen molar-refractivity contribution in [2.75, 3.05) is 18.5 Å². The lowest BCUT2D eigenvalue weighted by Gasteiger charge is -2.17. The molecule has 0 amide bonds. The van der Waals surface area contributed by atoms with Gasteiger partial charge in [-0.05, 0) is 18.4 Å². The molecule has 0 aliphatic heterocycles. The Labute approximate surface area is 119 Å². The minimum atomic E-state index is -0.436. The number of anilines is 1. The molecule has 6 nitrogen and oxygen atoms in total. The summed E-state index contributed by atoms with van der Waals surface area (Å²) in [7, 11) is 0. The number of nitrogens with two attached hydrogens (primary N) is 1. The number of nitro groups is 1. The van der Waals surface area contributed by atoms with Crippen molar-refractivity contribution in [3.8, 4) is 5.75 Å².